The molecule has 0 fully saturated rings. The molecule has 2 amide bonds. The maximum Gasteiger partial charge on any atom is 0.261 e. The summed E-state index contributed by atoms with van der Waals surface area (Å²) in [7, 11) is 0. The minimum atomic E-state index is -0.675. The van der Waals surface area contributed by atoms with Gasteiger partial charge in [-0.25, -0.2) is 0 Å². The highest BCUT2D eigenvalue weighted by molar-refractivity contribution is 5.88. The third kappa shape index (κ3) is 8.49. The molecule has 0 aliphatic rings. The van der Waals surface area contributed by atoms with Crippen LogP contribution in [0.15, 0.2) is 78.9 Å². The summed E-state index contributed by atoms with van der Waals surface area (Å²) < 4.78 is 5.91. The van der Waals surface area contributed by atoms with Crippen molar-refractivity contribution in [1.82, 2.24) is 10.2 Å². The second kappa shape index (κ2) is 12.6. The van der Waals surface area contributed by atoms with Crippen LogP contribution in [0.4, 0.5) is 0 Å². The van der Waals surface area contributed by atoms with Crippen molar-refractivity contribution >= 4 is 11.8 Å². The van der Waals surface area contributed by atoms with Crippen LogP contribution in [0, 0.1) is 6.92 Å². The van der Waals surface area contributed by atoms with E-state index in [4.69, 9.17) is 4.74 Å². The second-order valence-corrected chi connectivity index (χ2v) is 10.9. The van der Waals surface area contributed by atoms with Crippen molar-refractivity contribution in [3.05, 3.63) is 101 Å². The molecule has 0 radical (unpaired) electrons. The highest BCUT2D eigenvalue weighted by atomic mass is 16.5. The molecule has 0 aliphatic carbocycles. The summed E-state index contributed by atoms with van der Waals surface area (Å²) in [5.74, 6) is 0.219. The number of amides is 2. The van der Waals surface area contributed by atoms with Gasteiger partial charge in [0.2, 0.25) is 5.91 Å². The summed E-state index contributed by atoms with van der Waals surface area (Å²) in [6, 6.07) is 25.0. The molecule has 3 aromatic rings. The van der Waals surface area contributed by atoms with Gasteiger partial charge in [-0.2, -0.15) is 0 Å². The number of hydrogen-bond acceptors (Lipinski definition) is 3. The Balaban J connectivity index is 1.87. The average Bonchev–Trinajstić information content (AvgIpc) is 2.85. The van der Waals surface area contributed by atoms with E-state index in [2.05, 4.69) is 26.1 Å². The average molecular weight is 501 g/mol. The first-order valence-electron chi connectivity index (χ1n) is 13.0. The van der Waals surface area contributed by atoms with Crippen LogP contribution >= 0.6 is 0 Å². The Morgan fingerprint density at radius 1 is 0.865 bits per heavy atom. The van der Waals surface area contributed by atoms with Crippen LogP contribution in [-0.4, -0.2) is 35.4 Å². The van der Waals surface area contributed by atoms with Gasteiger partial charge in [0.05, 0.1) is 0 Å². The Labute approximate surface area is 221 Å². The highest BCUT2D eigenvalue weighted by Gasteiger charge is 2.31. The maximum atomic E-state index is 13.7. The SMILES string of the molecule is Cc1ccc(CN(C(=O)COc2ccc(C(C)(C)C)cc2)[C@H](Cc2ccccc2)C(=O)NC(C)C)cc1. The normalized spacial score (nSPS) is 12.2. The van der Waals surface area contributed by atoms with Crippen LogP contribution in [0.5, 0.6) is 5.75 Å². The predicted molar refractivity (Wildman–Crippen MR) is 150 cm³/mol. The molecule has 0 unspecified atom stereocenters. The van der Waals surface area contributed by atoms with Gasteiger partial charge in [-0.05, 0) is 55.0 Å². The first kappa shape index (κ1) is 28.0. The van der Waals surface area contributed by atoms with Gasteiger partial charge < -0.3 is 15.0 Å². The molecule has 0 spiro atoms. The Kier molecular flexibility index (Phi) is 9.51. The Morgan fingerprint density at radius 2 is 1.49 bits per heavy atom. The molecular formula is C32H40N2O3. The number of aryl methyl sites for hydroxylation is 1. The summed E-state index contributed by atoms with van der Waals surface area (Å²) in [4.78, 5) is 28.7. The molecule has 3 aromatic carbocycles. The molecule has 3 rings (SSSR count). The zero-order valence-electron chi connectivity index (χ0n) is 23.0. The molecule has 0 bridgehead atoms. The first-order valence-corrected chi connectivity index (χ1v) is 13.0. The largest absolute Gasteiger partial charge is 0.484 e. The van der Waals surface area contributed by atoms with Crippen LogP contribution in [0.25, 0.3) is 0 Å². The quantitative estimate of drug-likeness (QED) is 0.381. The van der Waals surface area contributed by atoms with Crippen molar-refractivity contribution in [2.24, 2.45) is 0 Å². The van der Waals surface area contributed by atoms with Crippen molar-refractivity contribution in [1.29, 1.82) is 0 Å². The molecule has 0 aliphatic heterocycles. The van der Waals surface area contributed by atoms with Gasteiger partial charge in [-0.1, -0.05) is 93.1 Å². The topological polar surface area (TPSA) is 58.6 Å². The van der Waals surface area contributed by atoms with E-state index in [9.17, 15) is 9.59 Å². The molecule has 1 N–H and O–H groups in total. The number of rotatable bonds is 10. The number of benzene rings is 3. The lowest BCUT2D eigenvalue weighted by molar-refractivity contribution is -0.143. The lowest BCUT2D eigenvalue weighted by atomic mass is 9.87. The van der Waals surface area contributed by atoms with Gasteiger partial charge in [-0.3, -0.25) is 9.59 Å². The maximum absolute atomic E-state index is 13.7. The minimum Gasteiger partial charge on any atom is -0.484 e. The summed E-state index contributed by atoms with van der Waals surface area (Å²) >= 11 is 0. The number of nitrogens with one attached hydrogen (secondary N) is 1. The van der Waals surface area contributed by atoms with E-state index in [1.807, 2.05) is 99.6 Å². The number of carbonyl (C=O) groups excluding carboxylic acids is 2. The summed E-state index contributed by atoms with van der Waals surface area (Å²) in [5.41, 5.74) is 4.33. The molecule has 0 saturated carbocycles. The monoisotopic (exact) mass is 500 g/mol. The van der Waals surface area contributed by atoms with Crippen LogP contribution < -0.4 is 10.1 Å². The number of ether oxygens (including phenoxy) is 1. The second-order valence-electron chi connectivity index (χ2n) is 10.9. The van der Waals surface area contributed by atoms with E-state index >= 15 is 0 Å². The molecule has 5 nitrogen and oxygen atoms in total. The smallest absolute Gasteiger partial charge is 0.261 e. The summed E-state index contributed by atoms with van der Waals surface area (Å²) in [6.45, 7) is 12.5. The van der Waals surface area contributed by atoms with Crippen molar-refractivity contribution < 1.29 is 14.3 Å². The van der Waals surface area contributed by atoms with Gasteiger partial charge in [0, 0.05) is 19.0 Å². The Hall–Kier alpha value is -3.60. The van der Waals surface area contributed by atoms with Gasteiger partial charge >= 0.3 is 0 Å². The zero-order chi connectivity index (χ0) is 27.0. The molecule has 1 atom stereocenters. The molecular weight excluding hydrogens is 460 g/mol. The lowest BCUT2D eigenvalue weighted by Gasteiger charge is -2.32. The molecule has 196 valence electrons. The van der Waals surface area contributed by atoms with Crippen molar-refractivity contribution in [2.45, 2.75) is 72.0 Å². The van der Waals surface area contributed by atoms with E-state index < -0.39 is 6.04 Å². The Morgan fingerprint density at radius 3 is 2.05 bits per heavy atom. The first-order chi connectivity index (χ1) is 17.5. The zero-order valence-corrected chi connectivity index (χ0v) is 23.0. The fourth-order valence-electron chi connectivity index (χ4n) is 4.10. The highest BCUT2D eigenvalue weighted by Crippen LogP contribution is 2.24. The van der Waals surface area contributed by atoms with E-state index in [1.165, 1.54) is 5.56 Å². The third-order valence-electron chi connectivity index (χ3n) is 6.26. The number of carbonyl (C=O) groups is 2. The summed E-state index contributed by atoms with van der Waals surface area (Å²) in [5, 5.41) is 3.01. The van der Waals surface area contributed by atoms with Gasteiger partial charge in [0.25, 0.3) is 5.91 Å². The van der Waals surface area contributed by atoms with Gasteiger partial charge in [0.15, 0.2) is 6.61 Å². The predicted octanol–water partition coefficient (Wildman–Crippen LogP) is 5.84. The van der Waals surface area contributed by atoms with E-state index in [-0.39, 0.29) is 29.9 Å². The molecule has 5 heteroatoms. The van der Waals surface area contributed by atoms with Gasteiger partial charge in [-0.15, -0.1) is 0 Å². The van der Waals surface area contributed by atoms with Gasteiger partial charge in [0.1, 0.15) is 11.8 Å². The Bertz CT molecular complexity index is 1150. The summed E-state index contributed by atoms with van der Waals surface area (Å²) in [6.07, 6.45) is 0.414. The number of nitrogens with zero attached hydrogens (tertiary/aromatic N) is 1. The van der Waals surface area contributed by atoms with E-state index in [0.717, 1.165) is 16.7 Å². The molecule has 0 saturated heterocycles. The van der Waals surface area contributed by atoms with Crippen molar-refractivity contribution in [3.63, 3.8) is 0 Å². The van der Waals surface area contributed by atoms with Crippen LogP contribution in [0.2, 0.25) is 0 Å². The molecule has 0 heterocycles. The van der Waals surface area contributed by atoms with Crippen molar-refractivity contribution in [3.8, 4) is 5.75 Å². The molecule has 37 heavy (non-hydrogen) atoms. The number of hydrogen-bond donors (Lipinski definition) is 1. The standard InChI is InChI=1S/C32H40N2O3/c1-23(2)33-31(36)29(20-25-10-8-7-9-11-25)34(21-26-14-12-24(3)13-15-26)30(35)22-37-28-18-16-27(17-19-28)32(4,5)6/h7-19,23,29H,20-22H2,1-6H3,(H,33,36)/t29-/m1/s1. The van der Waals surface area contributed by atoms with Crippen LogP contribution in [0.3, 0.4) is 0 Å². The van der Waals surface area contributed by atoms with Crippen LogP contribution in [0.1, 0.15) is 56.9 Å². The van der Waals surface area contributed by atoms with E-state index in [0.29, 0.717) is 18.7 Å². The molecule has 0 aromatic heterocycles. The third-order valence-corrected chi connectivity index (χ3v) is 6.26. The van der Waals surface area contributed by atoms with Crippen molar-refractivity contribution in [2.75, 3.05) is 6.61 Å². The van der Waals surface area contributed by atoms with E-state index in [1.54, 1.807) is 4.90 Å². The minimum absolute atomic E-state index is 0.0353. The van der Waals surface area contributed by atoms with Crippen LogP contribution in [-0.2, 0) is 28.0 Å². The lowest BCUT2D eigenvalue weighted by Crippen LogP contribution is -2.52. The fraction of sp³-hybridized carbons (Fsp3) is 0.375. The fourth-order valence-corrected chi connectivity index (χ4v) is 4.10.